The van der Waals surface area contributed by atoms with Crippen molar-refractivity contribution in [3.8, 4) is 0 Å². The summed E-state index contributed by atoms with van der Waals surface area (Å²) in [6, 6.07) is 3.79. The van der Waals surface area contributed by atoms with E-state index in [0.29, 0.717) is 23.7 Å². The molecule has 0 unspecified atom stereocenters. The normalized spacial score (nSPS) is 22.6. The molecule has 2 rings (SSSR count). The maximum atomic E-state index is 11.4. The second kappa shape index (κ2) is 4.70. The summed E-state index contributed by atoms with van der Waals surface area (Å²) in [5.74, 6) is 0.612. The SMILES string of the molecule is C[C@H]1C[C@@H]1NC(=O)NCc1ccnc(Cl)c1. The van der Waals surface area contributed by atoms with Gasteiger partial charge in [0.15, 0.2) is 0 Å². The van der Waals surface area contributed by atoms with Crippen LogP contribution in [-0.4, -0.2) is 17.1 Å². The molecule has 0 saturated heterocycles. The predicted octanol–water partition coefficient (Wildman–Crippen LogP) is 1.94. The number of carbonyl (C=O) groups is 1. The lowest BCUT2D eigenvalue weighted by Crippen LogP contribution is -2.36. The van der Waals surface area contributed by atoms with Gasteiger partial charge in [0.2, 0.25) is 0 Å². The number of carbonyl (C=O) groups excluding carboxylic acids is 1. The van der Waals surface area contributed by atoms with Gasteiger partial charge in [0.05, 0.1) is 0 Å². The van der Waals surface area contributed by atoms with Crippen LogP contribution < -0.4 is 10.6 Å². The fourth-order valence-electron chi connectivity index (χ4n) is 1.48. The standard InChI is InChI=1S/C11H14ClN3O/c1-7-4-9(7)15-11(16)14-6-8-2-3-13-10(12)5-8/h2-3,5,7,9H,4,6H2,1H3,(H2,14,15,16)/t7-,9-/m0/s1. The molecule has 1 heterocycles. The van der Waals surface area contributed by atoms with Crippen molar-refractivity contribution < 1.29 is 4.79 Å². The Balaban J connectivity index is 1.76. The maximum absolute atomic E-state index is 11.4. The fourth-order valence-corrected chi connectivity index (χ4v) is 1.67. The van der Waals surface area contributed by atoms with Crippen molar-refractivity contribution >= 4 is 17.6 Å². The monoisotopic (exact) mass is 239 g/mol. The zero-order valence-electron chi connectivity index (χ0n) is 9.03. The van der Waals surface area contributed by atoms with Crippen LogP contribution in [0, 0.1) is 5.92 Å². The van der Waals surface area contributed by atoms with Gasteiger partial charge in [0.25, 0.3) is 0 Å². The van der Waals surface area contributed by atoms with Crippen molar-refractivity contribution in [3.63, 3.8) is 0 Å². The maximum Gasteiger partial charge on any atom is 0.315 e. The van der Waals surface area contributed by atoms with E-state index < -0.39 is 0 Å². The van der Waals surface area contributed by atoms with Gasteiger partial charge < -0.3 is 10.6 Å². The first-order valence-electron chi connectivity index (χ1n) is 5.30. The first-order chi connectivity index (χ1) is 7.65. The van der Waals surface area contributed by atoms with E-state index in [1.165, 1.54) is 0 Å². The van der Waals surface area contributed by atoms with Crippen LogP contribution in [0.4, 0.5) is 4.79 Å². The van der Waals surface area contributed by atoms with Crippen LogP contribution in [-0.2, 0) is 6.54 Å². The molecule has 0 spiro atoms. The molecule has 1 aromatic rings. The second-order valence-electron chi connectivity index (χ2n) is 4.13. The predicted molar refractivity (Wildman–Crippen MR) is 62.2 cm³/mol. The van der Waals surface area contributed by atoms with Gasteiger partial charge in [0.1, 0.15) is 5.15 Å². The summed E-state index contributed by atoms with van der Waals surface area (Å²) in [6.45, 7) is 2.59. The number of pyridine rings is 1. The van der Waals surface area contributed by atoms with Gasteiger partial charge in [-0.05, 0) is 30.0 Å². The molecular weight excluding hydrogens is 226 g/mol. The minimum absolute atomic E-state index is 0.123. The molecule has 1 aliphatic rings. The molecule has 16 heavy (non-hydrogen) atoms. The van der Waals surface area contributed by atoms with Gasteiger partial charge in [-0.1, -0.05) is 18.5 Å². The Morgan fingerprint density at radius 2 is 2.44 bits per heavy atom. The number of rotatable bonds is 3. The summed E-state index contributed by atoms with van der Waals surface area (Å²) in [6.07, 6.45) is 2.70. The zero-order valence-corrected chi connectivity index (χ0v) is 9.79. The summed E-state index contributed by atoms with van der Waals surface area (Å²) < 4.78 is 0. The van der Waals surface area contributed by atoms with E-state index in [4.69, 9.17) is 11.6 Å². The van der Waals surface area contributed by atoms with Crippen molar-refractivity contribution in [1.29, 1.82) is 0 Å². The molecule has 1 aromatic heterocycles. The van der Waals surface area contributed by atoms with Crippen molar-refractivity contribution in [2.75, 3.05) is 0 Å². The number of nitrogens with one attached hydrogen (secondary N) is 2. The van der Waals surface area contributed by atoms with E-state index in [9.17, 15) is 4.79 Å². The molecule has 5 heteroatoms. The van der Waals surface area contributed by atoms with Crippen molar-refractivity contribution in [2.24, 2.45) is 5.92 Å². The molecule has 86 valence electrons. The Hall–Kier alpha value is -1.29. The number of aromatic nitrogens is 1. The van der Waals surface area contributed by atoms with Crippen molar-refractivity contribution in [2.45, 2.75) is 25.9 Å². The highest BCUT2D eigenvalue weighted by Gasteiger charge is 2.33. The lowest BCUT2D eigenvalue weighted by molar-refractivity contribution is 0.239. The van der Waals surface area contributed by atoms with E-state index in [1.54, 1.807) is 12.3 Å². The van der Waals surface area contributed by atoms with Gasteiger partial charge >= 0.3 is 6.03 Å². The van der Waals surface area contributed by atoms with Gasteiger partial charge in [-0.3, -0.25) is 0 Å². The third-order valence-electron chi connectivity index (χ3n) is 2.67. The minimum atomic E-state index is -0.123. The zero-order chi connectivity index (χ0) is 11.5. The summed E-state index contributed by atoms with van der Waals surface area (Å²) in [4.78, 5) is 15.3. The molecule has 0 bridgehead atoms. The van der Waals surface area contributed by atoms with Crippen molar-refractivity contribution in [1.82, 2.24) is 15.6 Å². The van der Waals surface area contributed by atoms with Crippen molar-refractivity contribution in [3.05, 3.63) is 29.0 Å². The highest BCUT2D eigenvalue weighted by atomic mass is 35.5. The van der Waals surface area contributed by atoms with Gasteiger partial charge in [-0.2, -0.15) is 0 Å². The van der Waals surface area contributed by atoms with E-state index in [1.807, 2.05) is 6.07 Å². The van der Waals surface area contributed by atoms with Crippen LogP contribution in [0.1, 0.15) is 18.9 Å². The molecule has 1 saturated carbocycles. The fraction of sp³-hybridized carbons (Fsp3) is 0.455. The van der Waals surface area contributed by atoms with E-state index >= 15 is 0 Å². The molecule has 1 aliphatic carbocycles. The van der Waals surface area contributed by atoms with E-state index in [-0.39, 0.29) is 6.03 Å². The summed E-state index contributed by atoms with van der Waals surface area (Å²) >= 11 is 5.73. The second-order valence-corrected chi connectivity index (χ2v) is 4.52. The summed E-state index contributed by atoms with van der Waals surface area (Å²) in [5.41, 5.74) is 0.944. The number of halogens is 1. The Bertz CT molecular complexity index is 397. The smallest absolute Gasteiger partial charge is 0.315 e. The van der Waals surface area contributed by atoms with Crippen LogP contribution in [0.3, 0.4) is 0 Å². The molecule has 1 fully saturated rings. The third-order valence-corrected chi connectivity index (χ3v) is 2.88. The molecule has 2 amide bonds. The van der Waals surface area contributed by atoms with Crippen LogP contribution in [0.25, 0.3) is 0 Å². The summed E-state index contributed by atoms with van der Waals surface area (Å²) in [5, 5.41) is 6.11. The topological polar surface area (TPSA) is 54.0 Å². The molecule has 2 atom stereocenters. The van der Waals surface area contributed by atoms with E-state index in [0.717, 1.165) is 12.0 Å². The lowest BCUT2D eigenvalue weighted by Gasteiger charge is -2.06. The Kier molecular flexibility index (Phi) is 3.29. The molecule has 0 aliphatic heterocycles. The van der Waals surface area contributed by atoms with Gasteiger partial charge in [-0.25, -0.2) is 9.78 Å². The number of hydrogen-bond donors (Lipinski definition) is 2. The third kappa shape index (κ3) is 3.10. The first kappa shape index (κ1) is 11.2. The molecule has 2 N–H and O–H groups in total. The van der Waals surface area contributed by atoms with Crippen LogP contribution >= 0.6 is 11.6 Å². The Morgan fingerprint density at radius 1 is 1.69 bits per heavy atom. The van der Waals surface area contributed by atoms with Crippen LogP contribution in [0.5, 0.6) is 0 Å². The average Bonchev–Trinajstić information content (AvgIpc) is 2.91. The molecule has 0 aromatic carbocycles. The Labute approximate surface area is 99.4 Å². The lowest BCUT2D eigenvalue weighted by atomic mass is 10.3. The number of hydrogen-bond acceptors (Lipinski definition) is 2. The largest absolute Gasteiger partial charge is 0.335 e. The number of urea groups is 1. The first-order valence-corrected chi connectivity index (χ1v) is 5.68. The Morgan fingerprint density at radius 3 is 3.06 bits per heavy atom. The van der Waals surface area contributed by atoms with Crippen LogP contribution in [0.2, 0.25) is 5.15 Å². The highest BCUT2D eigenvalue weighted by molar-refractivity contribution is 6.29. The molecular formula is C11H14ClN3O. The quantitative estimate of drug-likeness (QED) is 0.792. The number of amides is 2. The summed E-state index contributed by atoms with van der Waals surface area (Å²) in [7, 11) is 0. The molecule has 0 radical (unpaired) electrons. The highest BCUT2D eigenvalue weighted by Crippen LogP contribution is 2.28. The van der Waals surface area contributed by atoms with Gasteiger partial charge in [0, 0.05) is 18.8 Å². The number of nitrogens with zero attached hydrogens (tertiary/aromatic N) is 1. The minimum Gasteiger partial charge on any atom is -0.335 e. The van der Waals surface area contributed by atoms with Gasteiger partial charge in [-0.15, -0.1) is 0 Å². The average molecular weight is 240 g/mol. The van der Waals surface area contributed by atoms with E-state index in [2.05, 4.69) is 22.5 Å². The molecule has 4 nitrogen and oxygen atoms in total. The van der Waals surface area contributed by atoms with Crippen LogP contribution in [0.15, 0.2) is 18.3 Å².